The van der Waals surface area contributed by atoms with Crippen LogP contribution < -0.4 is 0 Å². The van der Waals surface area contributed by atoms with Crippen LogP contribution in [0.2, 0.25) is 5.02 Å². The Hall–Kier alpha value is -2.74. The summed E-state index contributed by atoms with van der Waals surface area (Å²) in [7, 11) is 1.78. The highest BCUT2D eigenvalue weighted by Crippen LogP contribution is 2.30. The summed E-state index contributed by atoms with van der Waals surface area (Å²) in [6.07, 6.45) is 2.79. The van der Waals surface area contributed by atoms with E-state index < -0.39 is 0 Å². The first kappa shape index (κ1) is 17.7. The van der Waals surface area contributed by atoms with E-state index in [0.29, 0.717) is 23.1 Å². The van der Waals surface area contributed by atoms with Crippen LogP contribution in [-0.4, -0.2) is 47.3 Å². The lowest BCUT2D eigenvalue weighted by Gasteiger charge is -2.33. The lowest BCUT2D eigenvalue weighted by molar-refractivity contribution is 0.0588. The topological polar surface area (TPSA) is 81.7 Å². The minimum absolute atomic E-state index is 0.0538. The molecule has 1 saturated heterocycles. The van der Waals surface area contributed by atoms with Crippen molar-refractivity contribution in [2.75, 3.05) is 6.54 Å². The number of aromatic nitrogens is 6. The van der Waals surface area contributed by atoms with Crippen LogP contribution in [0.3, 0.4) is 0 Å². The van der Waals surface area contributed by atoms with E-state index in [1.54, 1.807) is 23.9 Å². The van der Waals surface area contributed by atoms with Crippen molar-refractivity contribution in [1.29, 1.82) is 0 Å². The molecule has 1 aliphatic rings. The summed E-state index contributed by atoms with van der Waals surface area (Å²) in [5.41, 5.74) is 2.12. The second kappa shape index (κ2) is 7.11. The lowest BCUT2D eigenvalue weighted by atomic mass is 10.0. The lowest BCUT2D eigenvalue weighted by Crippen LogP contribution is -2.39. The van der Waals surface area contributed by atoms with Crippen LogP contribution in [0.25, 0.3) is 5.69 Å². The first-order valence-electron chi connectivity index (χ1n) is 8.90. The zero-order valence-corrected chi connectivity index (χ0v) is 16.0. The fraction of sp³-hybridized carbons (Fsp3) is 0.389. The molecule has 1 unspecified atom stereocenters. The second-order valence-electron chi connectivity index (χ2n) is 6.72. The van der Waals surface area contributed by atoms with Crippen LogP contribution in [-0.2, 0) is 7.05 Å². The Balaban J connectivity index is 1.63. The number of carbonyl (C=O) groups excluding carboxylic acids is 1. The number of piperidine rings is 1. The van der Waals surface area contributed by atoms with E-state index in [4.69, 9.17) is 11.6 Å². The van der Waals surface area contributed by atoms with Gasteiger partial charge in [-0.05, 0) is 55.7 Å². The van der Waals surface area contributed by atoms with Crippen LogP contribution in [0.1, 0.15) is 47.3 Å². The average Bonchev–Trinajstić information content (AvgIpc) is 3.28. The average molecular weight is 386 g/mol. The molecule has 1 aromatic carbocycles. The van der Waals surface area contributed by atoms with Crippen LogP contribution in [0.15, 0.2) is 30.3 Å². The Bertz CT molecular complexity index is 980. The molecule has 0 bridgehead atoms. The third-order valence-corrected chi connectivity index (χ3v) is 4.99. The van der Waals surface area contributed by atoms with Crippen LogP contribution in [0.4, 0.5) is 0 Å². The number of aryl methyl sites for hydroxylation is 2. The van der Waals surface area contributed by atoms with Crippen LogP contribution in [0, 0.1) is 6.92 Å². The standard InChI is InChI=1S/C18H20ClN7O/c1-12-10-16(24(2)21-12)18(27)25-9-4-3-8-15(25)17-20-23-26(22-17)14-7-5-6-13(19)11-14/h5-7,10-11,15H,3-4,8-9H2,1-2H3. The van der Waals surface area contributed by atoms with E-state index in [-0.39, 0.29) is 11.9 Å². The van der Waals surface area contributed by atoms with E-state index in [2.05, 4.69) is 20.5 Å². The Morgan fingerprint density at radius 2 is 2.07 bits per heavy atom. The summed E-state index contributed by atoms with van der Waals surface area (Å²) in [6.45, 7) is 2.54. The molecular weight excluding hydrogens is 366 g/mol. The molecule has 1 fully saturated rings. The number of hydrogen-bond acceptors (Lipinski definition) is 5. The first-order chi connectivity index (χ1) is 13.0. The van der Waals surface area contributed by atoms with E-state index in [9.17, 15) is 4.79 Å². The Kier molecular flexibility index (Phi) is 4.65. The highest BCUT2D eigenvalue weighted by molar-refractivity contribution is 6.30. The number of tetrazole rings is 1. The molecule has 2 aromatic heterocycles. The zero-order chi connectivity index (χ0) is 19.0. The predicted molar refractivity (Wildman–Crippen MR) is 99.7 cm³/mol. The number of benzene rings is 1. The van der Waals surface area contributed by atoms with Gasteiger partial charge in [0.05, 0.1) is 17.4 Å². The monoisotopic (exact) mass is 385 g/mol. The Labute approximate surface area is 161 Å². The van der Waals surface area contributed by atoms with Crippen LogP contribution >= 0.6 is 11.6 Å². The normalized spacial score (nSPS) is 17.3. The van der Waals surface area contributed by atoms with Crippen LogP contribution in [0.5, 0.6) is 0 Å². The maximum absolute atomic E-state index is 13.1. The minimum Gasteiger partial charge on any atom is -0.327 e. The number of halogens is 1. The van der Waals surface area contributed by atoms with Crippen molar-refractivity contribution in [3.05, 3.63) is 52.6 Å². The molecular formula is C18H20ClN7O. The number of rotatable bonds is 3. The molecule has 4 rings (SSSR count). The molecule has 0 radical (unpaired) electrons. The van der Waals surface area contributed by atoms with E-state index in [1.807, 2.05) is 30.0 Å². The maximum atomic E-state index is 13.1. The SMILES string of the molecule is Cc1cc(C(=O)N2CCCCC2c2nnn(-c3cccc(Cl)c3)n2)n(C)n1. The molecule has 0 spiro atoms. The molecule has 3 aromatic rings. The van der Waals surface area contributed by atoms with Crippen molar-refractivity contribution in [1.82, 2.24) is 34.9 Å². The predicted octanol–water partition coefficient (Wildman–Crippen LogP) is 2.73. The fourth-order valence-corrected chi connectivity index (χ4v) is 3.65. The number of likely N-dealkylation sites (tertiary alicyclic amines) is 1. The van der Waals surface area contributed by atoms with Gasteiger partial charge in [0.2, 0.25) is 0 Å². The van der Waals surface area contributed by atoms with Gasteiger partial charge in [0.25, 0.3) is 5.91 Å². The Morgan fingerprint density at radius 1 is 1.22 bits per heavy atom. The molecule has 1 aliphatic heterocycles. The van der Waals surface area contributed by atoms with E-state index in [0.717, 1.165) is 30.6 Å². The highest BCUT2D eigenvalue weighted by Gasteiger charge is 2.33. The van der Waals surface area contributed by atoms with Gasteiger partial charge >= 0.3 is 0 Å². The van der Waals surface area contributed by atoms with E-state index >= 15 is 0 Å². The summed E-state index contributed by atoms with van der Waals surface area (Å²) in [5.74, 6) is 0.490. The largest absolute Gasteiger partial charge is 0.327 e. The van der Waals surface area contributed by atoms with Crippen molar-refractivity contribution >= 4 is 17.5 Å². The smallest absolute Gasteiger partial charge is 0.272 e. The molecule has 0 N–H and O–H groups in total. The molecule has 27 heavy (non-hydrogen) atoms. The van der Waals surface area contributed by atoms with Crippen molar-refractivity contribution in [3.63, 3.8) is 0 Å². The molecule has 0 aliphatic carbocycles. The number of nitrogens with zero attached hydrogens (tertiary/aromatic N) is 7. The van der Waals surface area contributed by atoms with Gasteiger partial charge in [0.15, 0.2) is 5.82 Å². The van der Waals surface area contributed by atoms with Gasteiger partial charge in [-0.15, -0.1) is 15.0 Å². The maximum Gasteiger partial charge on any atom is 0.272 e. The third kappa shape index (κ3) is 3.44. The van der Waals surface area contributed by atoms with Crippen molar-refractivity contribution in [2.24, 2.45) is 7.05 Å². The van der Waals surface area contributed by atoms with Gasteiger partial charge in [-0.2, -0.15) is 5.10 Å². The molecule has 1 amide bonds. The van der Waals surface area contributed by atoms with Crippen molar-refractivity contribution < 1.29 is 4.79 Å². The summed E-state index contributed by atoms with van der Waals surface area (Å²) >= 11 is 6.05. The van der Waals surface area contributed by atoms with Gasteiger partial charge in [-0.25, -0.2) is 0 Å². The van der Waals surface area contributed by atoms with Crippen molar-refractivity contribution in [3.8, 4) is 5.69 Å². The zero-order valence-electron chi connectivity index (χ0n) is 15.2. The summed E-state index contributed by atoms with van der Waals surface area (Å²) in [5, 5.41) is 17.8. The minimum atomic E-state index is -0.200. The van der Waals surface area contributed by atoms with E-state index in [1.165, 1.54) is 4.80 Å². The first-order valence-corrected chi connectivity index (χ1v) is 9.28. The van der Waals surface area contributed by atoms with Crippen molar-refractivity contribution in [2.45, 2.75) is 32.2 Å². The van der Waals surface area contributed by atoms with Gasteiger partial charge in [-0.3, -0.25) is 9.48 Å². The summed E-state index contributed by atoms with van der Waals surface area (Å²) in [4.78, 5) is 16.4. The van der Waals surface area contributed by atoms with Gasteiger partial charge < -0.3 is 4.90 Å². The Morgan fingerprint density at radius 3 is 2.81 bits per heavy atom. The number of hydrogen-bond donors (Lipinski definition) is 0. The summed E-state index contributed by atoms with van der Waals surface area (Å²) in [6, 6.07) is 8.87. The second-order valence-corrected chi connectivity index (χ2v) is 7.16. The van der Waals surface area contributed by atoms with Gasteiger partial charge in [0, 0.05) is 18.6 Å². The van der Waals surface area contributed by atoms with Gasteiger partial charge in [-0.1, -0.05) is 17.7 Å². The van der Waals surface area contributed by atoms with Gasteiger partial charge in [0.1, 0.15) is 5.69 Å². The highest BCUT2D eigenvalue weighted by atomic mass is 35.5. The quantitative estimate of drug-likeness (QED) is 0.692. The number of carbonyl (C=O) groups is 1. The summed E-state index contributed by atoms with van der Waals surface area (Å²) < 4.78 is 1.62. The molecule has 1 atom stereocenters. The molecule has 140 valence electrons. The number of amides is 1. The molecule has 3 heterocycles. The fourth-order valence-electron chi connectivity index (χ4n) is 3.47. The third-order valence-electron chi connectivity index (χ3n) is 4.75. The molecule has 9 heteroatoms. The molecule has 8 nitrogen and oxygen atoms in total. The molecule has 0 saturated carbocycles.